The Morgan fingerprint density at radius 2 is 1.97 bits per heavy atom. The van der Waals surface area contributed by atoms with E-state index in [1.807, 2.05) is 35.4 Å². The molecule has 0 saturated carbocycles. The first kappa shape index (κ1) is 20.2. The standard InChI is InChI=1S/C23H30N6O2/c1-31-20-4-2-3-17(11-20)15-29-22(30)28(16-23(29)7-9-24-10-8-23)21-6-5-18(12-25-21)19-13-26-27-14-19/h2-6,11-12,19,24,26-27H,7-10,13-16H2,1H3. The molecule has 2 aromatic rings. The molecule has 3 N–H and O–H groups in total. The highest BCUT2D eigenvalue weighted by molar-refractivity contribution is 5.94. The van der Waals surface area contributed by atoms with Gasteiger partial charge in [0.25, 0.3) is 0 Å². The van der Waals surface area contributed by atoms with Crippen LogP contribution in [0.1, 0.15) is 29.9 Å². The summed E-state index contributed by atoms with van der Waals surface area (Å²) in [6.45, 7) is 4.89. The largest absolute Gasteiger partial charge is 0.497 e. The Labute approximate surface area is 182 Å². The number of piperidine rings is 1. The smallest absolute Gasteiger partial charge is 0.326 e. The third kappa shape index (κ3) is 3.86. The average molecular weight is 423 g/mol. The van der Waals surface area contributed by atoms with Crippen LogP contribution in [0.3, 0.4) is 0 Å². The molecule has 4 heterocycles. The number of rotatable bonds is 5. The predicted molar refractivity (Wildman–Crippen MR) is 119 cm³/mol. The van der Waals surface area contributed by atoms with E-state index in [1.165, 1.54) is 5.56 Å². The Kier molecular flexibility index (Phi) is 5.52. The van der Waals surface area contributed by atoms with Crippen molar-refractivity contribution in [2.75, 3.05) is 44.7 Å². The van der Waals surface area contributed by atoms with Crippen molar-refractivity contribution in [1.82, 2.24) is 26.1 Å². The minimum absolute atomic E-state index is 0.0363. The van der Waals surface area contributed by atoms with Gasteiger partial charge in [-0.25, -0.2) is 9.78 Å². The molecule has 8 nitrogen and oxygen atoms in total. The van der Waals surface area contributed by atoms with Crippen molar-refractivity contribution in [1.29, 1.82) is 0 Å². The molecule has 3 fully saturated rings. The summed E-state index contributed by atoms with van der Waals surface area (Å²) in [4.78, 5) is 22.2. The molecule has 3 aliphatic heterocycles. The molecule has 0 aliphatic carbocycles. The second-order valence-electron chi connectivity index (χ2n) is 8.69. The quantitative estimate of drug-likeness (QED) is 0.682. The minimum Gasteiger partial charge on any atom is -0.497 e. The molecule has 0 radical (unpaired) electrons. The maximum atomic E-state index is 13.6. The van der Waals surface area contributed by atoms with Crippen LogP contribution in [0, 0.1) is 0 Å². The van der Waals surface area contributed by atoms with Crippen LogP contribution in [0.5, 0.6) is 5.75 Å². The number of nitrogens with zero attached hydrogens (tertiary/aromatic N) is 3. The van der Waals surface area contributed by atoms with E-state index in [9.17, 15) is 4.79 Å². The number of carbonyl (C=O) groups excluding carboxylic acids is 1. The summed E-state index contributed by atoms with van der Waals surface area (Å²) in [5.41, 5.74) is 8.42. The van der Waals surface area contributed by atoms with Crippen molar-refractivity contribution in [2.24, 2.45) is 0 Å². The number of nitrogens with one attached hydrogen (secondary N) is 3. The number of pyridine rings is 1. The van der Waals surface area contributed by atoms with Crippen LogP contribution in [0.2, 0.25) is 0 Å². The van der Waals surface area contributed by atoms with E-state index in [0.717, 1.165) is 56.2 Å². The topological polar surface area (TPSA) is 81.8 Å². The van der Waals surface area contributed by atoms with Crippen molar-refractivity contribution in [2.45, 2.75) is 30.8 Å². The summed E-state index contributed by atoms with van der Waals surface area (Å²) in [6.07, 6.45) is 3.80. The number of amides is 2. The van der Waals surface area contributed by atoms with Gasteiger partial charge in [-0.1, -0.05) is 18.2 Å². The third-order valence-corrected chi connectivity index (χ3v) is 6.84. The Hall–Kier alpha value is -2.68. The van der Waals surface area contributed by atoms with Crippen molar-refractivity contribution < 1.29 is 9.53 Å². The molecule has 3 saturated heterocycles. The van der Waals surface area contributed by atoms with Crippen LogP contribution < -0.4 is 25.8 Å². The zero-order valence-corrected chi connectivity index (χ0v) is 17.9. The highest BCUT2D eigenvalue weighted by Crippen LogP contribution is 2.38. The summed E-state index contributed by atoms with van der Waals surface area (Å²) in [5, 5.41) is 3.44. The lowest BCUT2D eigenvalue weighted by molar-refractivity contribution is 0.119. The number of carbonyl (C=O) groups is 1. The maximum Gasteiger partial charge on any atom is 0.326 e. The highest BCUT2D eigenvalue weighted by atomic mass is 16.5. The summed E-state index contributed by atoms with van der Waals surface area (Å²) >= 11 is 0. The molecule has 3 aliphatic rings. The number of hydrazine groups is 1. The Balaban J connectivity index is 1.41. The molecule has 31 heavy (non-hydrogen) atoms. The molecule has 0 unspecified atom stereocenters. The van der Waals surface area contributed by atoms with E-state index < -0.39 is 0 Å². The van der Waals surface area contributed by atoms with Gasteiger partial charge in [0.15, 0.2) is 0 Å². The van der Waals surface area contributed by atoms with Crippen LogP contribution in [0.4, 0.5) is 10.6 Å². The minimum atomic E-state index is -0.176. The van der Waals surface area contributed by atoms with Gasteiger partial charge in [-0.05, 0) is 55.3 Å². The van der Waals surface area contributed by atoms with Crippen molar-refractivity contribution >= 4 is 11.8 Å². The number of ether oxygens (including phenoxy) is 1. The summed E-state index contributed by atoms with van der Waals surface area (Å²) in [5.74, 6) is 1.96. The van der Waals surface area contributed by atoms with Crippen LogP contribution in [0.25, 0.3) is 0 Å². The van der Waals surface area contributed by atoms with Gasteiger partial charge >= 0.3 is 6.03 Å². The second-order valence-corrected chi connectivity index (χ2v) is 8.69. The van der Waals surface area contributed by atoms with Crippen LogP contribution in [-0.4, -0.2) is 61.3 Å². The first-order valence-electron chi connectivity index (χ1n) is 11.0. The molecule has 1 spiro atoms. The number of aromatic nitrogens is 1. The van der Waals surface area contributed by atoms with Gasteiger partial charge in [0.2, 0.25) is 0 Å². The molecule has 0 bridgehead atoms. The fourth-order valence-electron chi connectivity index (χ4n) is 4.98. The van der Waals surface area contributed by atoms with E-state index in [-0.39, 0.29) is 11.6 Å². The zero-order chi connectivity index (χ0) is 21.3. The predicted octanol–water partition coefficient (Wildman–Crippen LogP) is 1.85. The van der Waals surface area contributed by atoms with Crippen LogP contribution in [0.15, 0.2) is 42.6 Å². The number of methoxy groups -OCH3 is 1. The maximum absolute atomic E-state index is 13.6. The number of hydrogen-bond donors (Lipinski definition) is 3. The molecule has 164 valence electrons. The van der Waals surface area contributed by atoms with Gasteiger partial charge in [-0.15, -0.1) is 0 Å². The molecule has 1 aromatic carbocycles. The molecule has 0 atom stereocenters. The first-order chi connectivity index (χ1) is 15.2. The SMILES string of the molecule is COc1cccc(CN2C(=O)N(c3ccc(C4CNNC4)cn3)CC23CCNCC3)c1. The lowest BCUT2D eigenvalue weighted by Crippen LogP contribution is -2.53. The van der Waals surface area contributed by atoms with Crippen LogP contribution in [-0.2, 0) is 6.54 Å². The Bertz CT molecular complexity index is 922. The first-order valence-corrected chi connectivity index (χ1v) is 11.0. The normalized spacial score (nSPS) is 21.3. The van der Waals surface area contributed by atoms with Crippen molar-refractivity contribution in [3.8, 4) is 5.75 Å². The lowest BCUT2D eigenvalue weighted by Gasteiger charge is -2.40. The molecule has 1 aromatic heterocycles. The van der Waals surface area contributed by atoms with E-state index >= 15 is 0 Å². The monoisotopic (exact) mass is 422 g/mol. The third-order valence-electron chi connectivity index (χ3n) is 6.84. The number of hydrogen-bond acceptors (Lipinski definition) is 6. The van der Waals surface area contributed by atoms with Gasteiger partial charge < -0.3 is 15.0 Å². The Morgan fingerprint density at radius 3 is 2.68 bits per heavy atom. The second kappa shape index (κ2) is 8.45. The van der Waals surface area contributed by atoms with E-state index in [2.05, 4.69) is 38.2 Å². The molecular formula is C23H30N6O2. The summed E-state index contributed by atoms with van der Waals surface area (Å²) in [7, 11) is 1.67. The molecule has 2 amide bonds. The van der Waals surface area contributed by atoms with Crippen molar-refractivity contribution in [3.63, 3.8) is 0 Å². The Morgan fingerprint density at radius 1 is 1.16 bits per heavy atom. The zero-order valence-electron chi connectivity index (χ0n) is 17.9. The fraction of sp³-hybridized carbons (Fsp3) is 0.478. The van der Waals surface area contributed by atoms with Gasteiger partial charge in [-0.2, -0.15) is 0 Å². The van der Waals surface area contributed by atoms with E-state index in [4.69, 9.17) is 4.74 Å². The van der Waals surface area contributed by atoms with Crippen molar-refractivity contribution in [3.05, 3.63) is 53.7 Å². The number of urea groups is 1. The van der Waals surface area contributed by atoms with E-state index in [0.29, 0.717) is 19.0 Å². The molecule has 8 heteroatoms. The highest BCUT2D eigenvalue weighted by Gasteiger charge is 2.50. The summed E-state index contributed by atoms with van der Waals surface area (Å²) in [6, 6.07) is 12.1. The molecular weight excluding hydrogens is 392 g/mol. The number of benzene rings is 1. The van der Waals surface area contributed by atoms with Gasteiger partial charge in [0.1, 0.15) is 11.6 Å². The van der Waals surface area contributed by atoms with Gasteiger partial charge in [0, 0.05) is 31.7 Å². The summed E-state index contributed by atoms with van der Waals surface area (Å²) < 4.78 is 5.38. The lowest BCUT2D eigenvalue weighted by atomic mass is 9.87. The fourth-order valence-corrected chi connectivity index (χ4v) is 4.98. The van der Waals surface area contributed by atoms with Gasteiger partial charge in [0.05, 0.1) is 19.2 Å². The van der Waals surface area contributed by atoms with Crippen LogP contribution >= 0.6 is 0 Å². The van der Waals surface area contributed by atoms with Gasteiger partial charge in [-0.3, -0.25) is 15.8 Å². The number of anilines is 1. The average Bonchev–Trinajstić information content (AvgIpc) is 3.44. The molecule has 5 rings (SSSR count). The van der Waals surface area contributed by atoms with E-state index in [1.54, 1.807) is 7.11 Å².